The van der Waals surface area contributed by atoms with Crippen LogP contribution in [0.15, 0.2) is 53.4 Å². The second-order valence-corrected chi connectivity index (χ2v) is 6.71. The number of carbonyl (C=O) groups excluding carboxylic acids is 2. The standard InChI is InChI=1S/C19H20FNO3S/c1-13-3-7-16(8-4-13)21-19(23)14(2)24-18(22)11-12-25-17-9-5-15(20)6-10-17/h3-10,14H,11-12H2,1-2H3,(H,21,23)/t14-/m1/s1. The highest BCUT2D eigenvalue weighted by Crippen LogP contribution is 2.19. The fourth-order valence-electron chi connectivity index (χ4n) is 1.97. The molecule has 132 valence electrons. The number of aryl methyl sites for hydroxylation is 1. The second-order valence-electron chi connectivity index (χ2n) is 5.54. The monoisotopic (exact) mass is 361 g/mol. The van der Waals surface area contributed by atoms with Gasteiger partial charge in [0.2, 0.25) is 0 Å². The van der Waals surface area contributed by atoms with Gasteiger partial charge in [-0.3, -0.25) is 9.59 Å². The number of esters is 1. The molecule has 25 heavy (non-hydrogen) atoms. The molecular formula is C19H20FNO3S. The Morgan fingerprint density at radius 1 is 1.12 bits per heavy atom. The van der Waals surface area contributed by atoms with Crippen molar-refractivity contribution in [2.45, 2.75) is 31.3 Å². The lowest BCUT2D eigenvalue weighted by Gasteiger charge is -2.13. The molecule has 0 heterocycles. The molecule has 0 saturated heterocycles. The van der Waals surface area contributed by atoms with Crippen LogP contribution in [-0.4, -0.2) is 23.7 Å². The maximum Gasteiger partial charge on any atom is 0.307 e. The summed E-state index contributed by atoms with van der Waals surface area (Å²) in [4.78, 5) is 24.7. The van der Waals surface area contributed by atoms with Gasteiger partial charge in [0.25, 0.3) is 5.91 Å². The van der Waals surface area contributed by atoms with Gasteiger partial charge in [0.1, 0.15) is 5.82 Å². The van der Waals surface area contributed by atoms with Gasteiger partial charge in [-0.1, -0.05) is 17.7 Å². The van der Waals surface area contributed by atoms with Crippen molar-refractivity contribution in [3.8, 4) is 0 Å². The van der Waals surface area contributed by atoms with Crippen LogP contribution in [0, 0.1) is 12.7 Å². The van der Waals surface area contributed by atoms with Crippen molar-refractivity contribution in [3.05, 3.63) is 59.9 Å². The molecule has 0 aliphatic heterocycles. The quantitative estimate of drug-likeness (QED) is 0.594. The Morgan fingerprint density at radius 3 is 2.40 bits per heavy atom. The molecule has 0 aliphatic carbocycles. The Bertz CT molecular complexity index is 716. The van der Waals surface area contributed by atoms with Crippen molar-refractivity contribution in [1.82, 2.24) is 0 Å². The van der Waals surface area contributed by atoms with Crippen LogP contribution in [0.3, 0.4) is 0 Å². The van der Waals surface area contributed by atoms with Gasteiger partial charge in [0, 0.05) is 16.3 Å². The first-order valence-corrected chi connectivity index (χ1v) is 8.88. The van der Waals surface area contributed by atoms with Gasteiger partial charge in [-0.15, -0.1) is 11.8 Å². The first kappa shape index (κ1) is 19.0. The van der Waals surface area contributed by atoms with Gasteiger partial charge in [0.15, 0.2) is 6.10 Å². The molecule has 4 nitrogen and oxygen atoms in total. The van der Waals surface area contributed by atoms with Crippen LogP contribution in [0.1, 0.15) is 18.9 Å². The van der Waals surface area contributed by atoms with Crippen LogP contribution in [0.25, 0.3) is 0 Å². The molecule has 0 aliphatic rings. The maximum atomic E-state index is 12.8. The van der Waals surface area contributed by atoms with E-state index in [-0.39, 0.29) is 18.1 Å². The predicted molar refractivity (Wildman–Crippen MR) is 97.1 cm³/mol. The summed E-state index contributed by atoms with van der Waals surface area (Å²) in [6.45, 7) is 3.49. The number of benzene rings is 2. The molecule has 2 rings (SSSR count). The highest BCUT2D eigenvalue weighted by Gasteiger charge is 2.17. The molecule has 0 radical (unpaired) electrons. The molecule has 0 spiro atoms. The lowest BCUT2D eigenvalue weighted by Crippen LogP contribution is -2.30. The normalized spacial score (nSPS) is 11.6. The minimum Gasteiger partial charge on any atom is -0.453 e. The van der Waals surface area contributed by atoms with Crippen LogP contribution in [0.2, 0.25) is 0 Å². The molecule has 1 N–H and O–H groups in total. The molecule has 1 amide bonds. The van der Waals surface area contributed by atoms with E-state index in [2.05, 4.69) is 5.32 Å². The Kier molecular flexibility index (Phi) is 7.01. The van der Waals surface area contributed by atoms with Gasteiger partial charge >= 0.3 is 5.97 Å². The topological polar surface area (TPSA) is 55.4 Å². The Balaban J connectivity index is 1.72. The van der Waals surface area contributed by atoms with Gasteiger partial charge in [0.05, 0.1) is 6.42 Å². The van der Waals surface area contributed by atoms with Gasteiger partial charge in [-0.2, -0.15) is 0 Å². The van der Waals surface area contributed by atoms with Crippen LogP contribution in [-0.2, 0) is 14.3 Å². The minimum atomic E-state index is -0.871. The number of ether oxygens (including phenoxy) is 1. The van der Waals surface area contributed by atoms with E-state index in [0.29, 0.717) is 11.4 Å². The molecule has 0 saturated carbocycles. The molecule has 6 heteroatoms. The number of carbonyl (C=O) groups is 2. The fourth-order valence-corrected chi connectivity index (χ4v) is 2.81. The first-order chi connectivity index (χ1) is 11.9. The summed E-state index contributed by atoms with van der Waals surface area (Å²) in [5.74, 6) is -0.613. The zero-order valence-electron chi connectivity index (χ0n) is 14.1. The van der Waals surface area contributed by atoms with E-state index < -0.39 is 12.1 Å². The van der Waals surface area contributed by atoms with Crippen LogP contribution >= 0.6 is 11.8 Å². The van der Waals surface area contributed by atoms with Crippen molar-refractivity contribution < 1.29 is 18.7 Å². The van der Waals surface area contributed by atoms with E-state index in [9.17, 15) is 14.0 Å². The summed E-state index contributed by atoms with van der Waals surface area (Å²) in [5, 5.41) is 2.70. The fraction of sp³-hybridized carbons (Fsp3) is 0.263. The smallest absolute Gasteiger partial charge is 0.307 e. The number of anilines is 1. The van der Waals surface area contributed by atoms with Crippen LogP contribution in [0.5, 0.6) is 0 Å². The molecule has 0 fully saturated rings. The number of hydrogen-bond donors (Lipinski definition) is 1. The van der Waals surface area contributed by atoms with Crippen molar-refractivity contribution in [3.63, 3.8) is 0 Å². The lowest BCUT2D eigenvalue weighted by atomic mass is 10.2. The maximum absolute atomic E-state index is 12.8. The number of amides is 1. The summed E-state index contributed by atoms with van der Waals surface area (Å²) >= 11 is 1.43. The number of thioether (sulfide) groups is 1. The SMILES string of the molecule is Cc1ccc(NC(=O)[C@@H](C)OC(=O)CCSc2ccc(F)cc2)cc1. The van der Waals surface area contributed by atoms with Crippen LogP contribution < -0.4 is 5.32 Å². The predicted octanol–water partition coefficient (Wildman–Crippen LogP) is 4.19. The lowest BCUT2D eigenvalue weighted by molar-refractivity contribution is -0.152. The van der Waals surface area contributed by atoms with Crippen molar-refractivity contribution >= 4 is 29.3 Å². The van der Waals surface area contributed by atoms with E-state index in [4.69, 9.17) is 4.74 Å². The van der Waals surface area contributed by atoms with E-state index in [1.54, 1.807) is 24.3 Å². The highest BCUT2D eigenvalue weighted by atomic mass is 32.2. The number of halogens is 1. The Morgan fingerprint density at radius 2 is 1.76 bits per heavy atom. The third kappa shape index (κ3) is 6.58. The zero-order valence-corrected chi connectivity index (χ0v) is 14.9. The Labute approximate surface area is 150 Å². The number of hydrogen-bond acceptors (Lipinski definition) is 4. The van der Waals surface area contributed by atoms with Gasteiger partial charge in [-0.25, -0.2) is 4.39 Å². The number of rotatable bonds is 7. The summed E-state index contributed by atoms with van der Waals surface area (Å²) < 4.78 is 18.0. The van der Waals surface area contributed by atoms with Crippen molar-refractivity contribution in [2.75, 3.05) is 11.1 Å². The van der Waals surface area contributed by atoms with E-state index in [1.807, 2.05) is 19.1 Å². The molecular weight excluding hydrogens is 341 g/mol. The zero-order chi connectivity index (χ0) is 18.2. The number of nitrogens with one attached hydrogen (secondary N) is 1. The average Bonchev–Trinajstić information content (AvgIpc) is 2.58. The molecule has 0 unspecified atom stereocenters. The summed E-state index contributed by atoms with van der Waals surface area (Å²) in [6, 6.07) is 13.4. The first-order valence-electron chi connectivity index (χ1n) is 7.89. The van der Waals surface area contributed by atoms with Gasteiger partial charge < -0.3 is 10.1 Å². The molecule has 2 aromatic rings. The second kappa shape index (κ2) is 9.22. The molecule has 2 aromatic carbocycles. The third-order valence-electron chi connectivity index (χ3n) is 3.39. The van der Waals surface area contributed by atoms with Crippen molar-refractivity contribution in [2.24, 2.45) is 0 Å². The molecule has 0 bridgehead atoms. The highest BCUT2D eigenvalue weighted by molar-refractivity contribution is 7.99. The molecule has 1 atom stereocenters. The average molecular weight is 361 g/mol. The molecule has 0 aromatic heterocycles. The summed E-state index contributed by atoms with van der Waals surface area (Å²) in [5.41, 5.74) is 1.75. The summed E-state index contributed by atoms with van der Waals surface area (Å²) in [7, 11) is 0. The third-order valence-corrected chi connectivity index (χ3v) is 4.40. The van der Waals surface area contributed by atoms with E-state index in [0.717, 1.165) is 10.5 Å². The summed E-state index contributed by atoms with van der Waals surface area (Å²) in [6.07, 6.45) is -0.700. The minimum absolute atomic E-state index is 0.171. The van der Waals surface area contributed by atoms with Crippen molar-refractivity contribution in [1.29, 1.82) is 0 Å². The van der Waals surface area contributed by atoms with E-state index in [1.165, 1.54) is 30.8 Å². The van der Waals surface area contributed by atoms with E-state index >= 15 is 0 Å². The van der Waals surface area contributed by atoms with Gasteiger partial charge in [-0.05, 0) is 50.2 Å². The van der Waals surface area contributed by atoms with Crippen LogP contribution in [0.4, 0.5) is 10.1 Å². The largest absolute Gasteiger partial charge is 0.453 e. The Hall–Kier alpha value is -2.34.